The lowest BCUT2D eigenvalue weighted by Crippen LogP contribution is -2.19. The van der Waals surface area contributed by atoms with Crippen LogP contribution in [0.5, 0.6) is 0 Å². The van der Waals surface area contributed by atoms with Crippen molar-refractivity contribution in [3.8, 4) is 0 Å². The molecule has 0 spiro atoms. The highest BCUT2D eigenvalue weighted by atomic mass is 16.3. The number of carbonyl (C=O) groups excluding carboxylic acids is 1. The Hall–Kier alpha value is -1.09. The zero-order valence-electron chi connectivity index (χ0n) is 6.99. The zero-order valence-corrected chi connectivity index (χ0v) is 6.99. The van der Waals surface area contributed by atoms with Gasteiger partial charge in [-0.1, -0.05) is 13.3 Å². The number of aliphatic hydroxyl groups is 1. The molecule has 0 radical (unpaired) electrons. The Balaban J connectivity index is 2.59. The first kappa shape index (κ1) is 9.00. The maximum absolute atomic E-state index is 11.3. The van der Waals surface area contributed by atoms with Crippen LogP contribution in [0, 0.1) is 0 Å². The van der Waals surface area contributed by atoms with E-state index >= 15 is 0 Å². The molecule has 3 nitrogen and oxygen atoms in total. The van der Waals surface area contributed by atoms with Gasteiger partial charge >= 0.3 is 0 Å². The Bertz CT molecular complexity index is 238. The maximum atomic E-state index is 11.3. The van der Waals surface area contributed by atoms with Crippen molar-refractivity contribution in [2.45, 2.75) is 25.9 Å². The molecule has 1 atom stereocenters. The predicted molar refractivity (Wildman–Crippen MR) is 44.0 cm³/mol. The van der Waals surface area contributed by atoms with Gasteiger partial charge in [0.25, 0.3) is 0 Å². The molecule has 66 valence electrons. The first-order chi connectivity index (χ1) is 5.75. The van der Waals surface area contributed by atoms with Crippen molar-refractivity contribution in [3.63, 3.8) is 0 Å². The maximum Gasteiger partial charge on any atom is 0.226 e. The highest BCUT2D eigenvalue weighted by molar-refractivity contribution is 5.96. The fourth-order valence-electron chi connectivity index (χ4n) is 0.988. The molecule has 1 N–H and O–H groups in total. The van der Waals surface area contributed by atoms with E-state index in [0.717, 1.165) is 6.42 Å². The number of aliphatic hydroxyl groups excluding tert-OH is 1. The van der Waals surface area contributed by atoms with Crippen molar-refractivity contribution >= 4 is 5.78 Å². The average Bonchev–Trinajstić information content (AvgIpc) is 2.55. The molecule has 0 aliphatic rings. The molecule has 1 unspecified atom stereocenters. The zero-order chi connectivity index (χ0) is 8.97. The summed E-state index contributed by atoms with van der Waals surface area (Å²) in [7, 11) is 0. The number of hydrogen-bond acceptors (Lipinski definition) is 3. The highest BCUT2D eigenvalue weighted by Gasteiger charge is 2.17. The van der Waals surface area contributed by atoms with Crippen LogP contribution in [0.1, 0.15) is 30.3 Å². The van der Waals surface area contributed by atoms with Gasteiger partial charge in [0.2, 0.25) is 5.78 Å². The van der Waals surface area contributed by atoms with Gasteiger partial charge in [-0.3, -0.25) is 4.79 Å². The summed E-state index contributed by atoms with van der Waals surface area (Å²) >= 11 is 0. The summed E-state index contributed by atoms with van der Waals surface area (Å²) < 4.78 is 4.85. The van der Waals surface area contributed by atoms with Crippen molar-refractivity contribution in [3.05, 3.63) is 24.2 Å². The number of rotatable bonds is 4. The van der Waals surface area contributed by atoms with Gasteiger partial charge in [0.15, 0.2) is 5.76 Å². The Morgan fingerprint density at radius 3 is 3.00 bits per heavy atom. The first-order valence-electron chi connectivity index (χ1n) is 4.01. The quantitative estimate of drug-likeness (QED) is 0.695. The van der Waals surface area contributed by atoms with Gasteiger partial charge < -0.3 is 9.52 Å². The summed E-state index contributed by atoms with van der Waals surface area (Å²) in [6.45, 7) is 1.92. The van der Waals surface area contributed by atoms with Crippen molar-refractivity contribution in [1.29, 1.82) is 0 Å². The van der Waals surface area contributed by atoms with Gasteiger partial charge in [-0.15, -0.1) is 0 Å². The minimum atomic E-state index is -0.916. The second kappa shape index (κ2) is 4.07. The molecule has 1 heterocycles. The summed E-state index contributed by atoms with van der Waals surface area (Å²) in [5, 5.41) is 9.28. The smallest absolute Gasteiger partial charge is 0.226 e. The summed E-state index contributed by atoms with van der Waals surface area (Å²) in [4.78, 5) is 11.3. The second-order valence-corrected chi connectivity index (χ2v) is 2.65. The molecule has 12 heavy (non-hydrogen) atoms. The lowest BCUT2D eigenvalue weighted by Gasteiger charge is -2.04. The van der Waals surface area contributed by atoms with Gasteiger partial charge in [-0.25, -0.2) is 0 Å². The van der Waals surface area contributed by atoms with Crippen LogP contribution >= 0.6 is 0 Å². The lowest BCUT2D eigenvalue weighted by atomic mass is 10.1. The SMILES string of the molecule is CCCC(O)C(=O)c1ccco1. The van der Waals surface area contributed by atoms with Crippen LogP contribution in [0.25, 0.3) is 0 Å². The van der Waals surface area contributed by atoms with E-state index in [9.17, 15) is 9.90 Å². The summed E-state index contributed by atoms with van der Waals surface area (Å²) in [6.07, 6.45) is 1.78. The second-order valence-electron chi connectivity index (χ2n) is 2.65. The number of furan rings is 1. The number of carbonyl (C=O) groups is 1. The average molecular weight is 168 g/mol. The van der Waals surface area contributed by atoms with E-state index in [0.29, 0.717) is 6.42 Å². The molecule has 0 aromatic carbocycles. The lowest BCUT2D eigenvalue weighted by molar-refractivity contribution is 0.0700. The molecule has 0 aliphatic heterocycles. The number of hydrogen-bond donors (Lipinski definition) is 1. The van der Waals surface area contributed by atoms with Gasteiger partial charge in [-0.2, -0.15) is 0 Å². The van der Waals surface area contributed by atoms with E-state index in [1.54, 1.807) is 12.1 Å². The molecule has 0 aliphatic carbocycles. The summed E-state index contributed by atoms with van der Waals surface area (Å²) in [6, 6.07) is 3.19. The van der Waals surface area contributed by atoms with E-state index in [4.69, 9.17) is 4.42 Å². The molecule has 0 saturated carbocycles. The molecule has 1 aromatic heterocycles. The van der Waals surface area contributed by atoms with Crippen LogP contribution in [0.4, 0.5) is 0 Å². The third kappa shape index (κ3) is 1.95. The highest BCUT2D eigenvalue weighted by Crippen LogP contribution is 2.07. The molecule has 0 bridgehead atoms. The van der Waals surface area contributed by atoms with Crippen molar-refractivity contribution in [1.82, 2.24) is 0 Å². The fraction of sp³-hybridized carbons (Fsp3) is 0.444. The van der Waals surface area contributed by atoms with Gasteiger partial charge in [0.1, 0.15) is 6.10 Å². The van der Waals surface area contributed by atoms with Crippen LogP contribution in [-0.2, 0) is 0 Å². The number of Topliss-reactive ketones (excluding diaryl/α,β-unsaturated/α-hetero) is 1. The molecule has 1 aromatic rings. The van der Waals surface area contributed by atoms with E-state index < -0.39 is 6.10 Å². The standard InChI is InChI=1S/C9H12O3/c1-2-4-7(10)9(11)8-5-3-6-12-8/h3,5-7,10H,2,4H2,1H3. The van der Waals surface area contributed by atoms with Crippen LogP contribution in [0.3, 0.4) is 0 Å². The molecule has 0 saturated heterocycles. The monoisotopic (exact) mass is 168 g/mol. The third-order valence-electron chi connectivity index (χ3n) is 1.63. The van der Waals surface area contributed by atoms with Gasteiger partial charge in [0, 0.05) is 0 Å². The Kier molecular flexibility index (Phi) is 3.05. The predicted octanol–water partition coefficient (Wildman–Crippen LogP) is 1.62. The molecular formula is C9H12O3. The molecular weight excluding hydrogens is 156 g/mol. The third-order valence-corrected chi connectivity index (χ3v) is 1.63. The molecule has 0 amide bonds. The number of ketones is 1. The molecule has 3 heteroatoms. The van der Waals surface area contributed by atoms with Crippen molar-refractivity contribution < 1.29 is 14.3 Å². The molecule has 0 fully saturated rings. The van der Waals surface area contributed by atoms with Crippen LogP contribution in [0.15, 0.2) is 22.8 Å². The Morgan fingerprint density at radius 1 is 1.75 bits per heavy atom. The van der Waals surface area contributed by atoms with E-state index in [2.05, 4.69) is 0 Å². The van der Waals surface area contributed by atoms with Crippen molar-refractivity contribution in [2.75, 3.05) is 0 Å². The Morgan fingerprint density at radius 2 is 2.50 bits per heavy atom. The van der Waals surface area contributed by atoms with Crippen molar-refractivity contribution in [2.24, 2.45) is 0 Å². The van der Waals surface area contributed by atoms with Crippen LogP contribution < -0.4 is 0 Å². The van der Waals surface area contributed by atoms with Gasteiger partial charge in [-0.05, 0) is 18.6 Å². The fourth-order valence-corrected chi connectivity index (χ4v) is 0.988. The topological polar surface area (TPSA) is 50.4 Å². The van der Waals surface area contributed by atoms with Crippen LogP contribution in [-0.4, -0.2) is 17.0 Å². The van der Waals surface area contributed by atoms with Crippen LogP contribution in [0.2, 0.25) is 0 Å². The summed E-state index contributed by atoms with van der Waals surface area (Å²) in [5.41, 5.74) is 0. The minimum Gasteiger partial charge on any atom is -0.461 e. The van der Waals surface area contributed by atoms with E-state index in [-0.39, 0.29) is 11.5 Å². The molecule has 1 rings (SSSR count). The largest absolute Gasteiger partial charge is 0.461 e. The van der Waals surface area contributed by atoms with Gasteiger partial charge in [0.05, 0.1) is 6.26 Å². The first-order valence-corrected chi connectivity index (χ1v) is 4.01. The Labute approximate surface area is 71.0 Å². The van der Waals surface area contributed by atoms with E-state index in [1.807, 2.05) is 6.92 Å². The normalized spacial score (nSPS) is 12.8. The van der Waals surface area contributed by atoms with E-state index in [1.165, 1.54) is 6.26 Å². The minimum absolute atomic E-state index is 0.232. The summed E-state index contributed by atoms with van der Waals surface area (Å²) in [5.74, 6) is -0.0993.